The van der Waals surface area contributed by atoms with Crippen molar-refractivity contribution in [2.75, 3.05) is 11.4 Å². The van der Waals surface area contributed by atoms with Crippen LogP contribution < -0.4 is 4.90 Å². The van der Waals surface area contributed by atoms with Crippen molar-refractivity contribution in [3.63, 3.8) is 0 Å². The number of fused-ring (bicyclic) bond motifs is 1. The van der Waals surface area contributed by atoms with Gasteiger partial charge in [0, 0.05) is 6.54 Å². The van der Waals surface area contributed by atoms with Gasteiger partial charge in [-0.2, -0.15) is 0 Å². The molecule has 1 unspecified atom stereocenters. The van der Waals surface area contributed by atoms with Gasteiger partial charge in [0.2, 0.25) is 0 Å². The average molecular weight is 309 g/mol. The molecule has 0 fully saturated rings. The van der Waals surface area contributed by atoms with Crippen LogP contribution in [0.15, 0.2) is 18.2 Å². The number of benzene rings is 1. The van der Waals surface area contributed by atoms with E-state index in [1.165, 1.54) is 12.1 Å². The Morgan fingerprint density at radius 2 is 2.05 bits per heavy atom. The lowest BCUT2D eigenvalue weighted by Gasteiger charge is -2.30. The first-order valence-corrected chi connectivity index (χ1v) is 7.14. The number of carbonyl (C=O) groups excluding carboxylic acids is 1. The molecule has 1 amide bonds. The van der Waals surface area contributed by atoms with Crippen LogP contribution in [0.25, 0.3) is 0 Å². The zero-order valence-electron chi connectivity index (χ0n) is 13.1. The molecule has 1 aliphatic heterocycles. The Kier molecular flexibility index (Phi) is 3.89. The van der Waals surface area contributed by atoms with Gasteiger partial charge in [-0.15, -0.1) is 0 Å². The van der Waals surface area contributed by atoms with Crippen molar-refractivity contribution < 1.29 is 23.8 Å². The Bertz CT molecular complexity index is 623. The smallest absolute Gasteiger partial charge is 0.411 e. The normalized spacial score (nSPS) is 20.7. The summed E-state index contributed by atoms with van der Waals surface area (Å²) in [5, 5.41) is 9.34. The molecule has 6 heteroatoms. The quantitative estimate of drug-likeness (QED) is 0.851. The summed E-state index contributed by atoms with van der Waals surface area (Å²) in [7, 11) is 0. The summed E-state index contributed by atoms with van der Waals surface area (Å²) in [6.07, 6.45) is -0.852. The molecule has 0 spiro atoms. The first-order valence-electron chi connectivity index (χ1n) is 7.14. The molecule has 1 atom stereocenters. The molecule has 0 radical (unpaired) electrons. The molecule has 2 rings (SSSR count). The van der Waals surface area contributed by atoms with E-state index < -0.39 is 28.9 Å². The zero-order chi connectivity index (χ0) is 16.7. The third-order valence-electron chi connectivity index (χ3n) is 3.82. The number of hydrogen-bond acceptors (Lipinski definition) is 3. The van der Waals surface area contributed by atoms with Crippen molar-refractivity contribution >= 4 is 17.7 Å². The molecule has 1 aliphatic rings. The minimum Gasteiger partial charge on any atom is -0.465 e. The van der Waals surface area contributed by atoms with Gasteiger partial charge in [0.1, 0.15) is 16.8 Å². The highest BCUT2D eigenvalue weighted by Gasteiger charge is 2.51. The molecule has 22 heavy (non-hydrogen) atoms. The van der Waals surface area contributed by atoms with Crippen LogP contribution >= 0.6 is 0 Å². The van der Waals surface area contributed by atoms with Crippen LogP contribution in [0, 0.1) is 5.82 Å². The van der Waals surface area contributed by atoms with E-state index in [0.29, 0.717) is 12.0 Å². The minimum atomic E-state index is -1.22. The average Bonchev–Trinajstić information content (AvgIpc) is 2.71. The largest absolute Gasteiger partial charge is 0.465 e. The molecule has 1 aromatic rings. The molecule has 1 heterocycles. The van der Waals surface area contributed by atoms with Crippen molar-refractivity contribution in [3.8, 4) is 0 Å². The van der Waals surface area contributed by atoms with Gasteiger partial charge in [0.05, 0.1) is 5.69 Å². The van der Waals surface area contributed by atoms with Crippen LogP contribution in [-0.4, -0.2) is 29.3 Å². The first kappa shape index (κ1) is 16.3. The Morgan fingerprint density at radius 3 is 2.55 bits per heavy atom. The molecule has 0 saturated carbocycles. The van der Waals surface area contributed by atoms with E-state index in [-0.39, 0.29) is 12.2 Å². The van der Waals surface area contributed by atoms with Crippen LogP contribution in [0.3, 0.4) is 0 Å². The highest BCUT2D eigenvalue weighted by atomic mass is 19.1. The van der Waals surface area contributed by atoms with E-state index in [1.807, 2.05) is 0 Å². The maximum Gasteiger partial charge on any atom is 0.411 e. The first-order chi connectivity index (χ1) is 10.1. The zero-order valence-corrected chi connectivity index (χ0v) is 13.1. The van der Waals surface area contributed by atoms with Crippen molar-refractivity contribution in [2.24, 2.45) is 0 Å². The molecule has 5 nitrogen and oxygen atoms in total. The summed E-state index contributed by atoms with van der Waals surface area (Å²) in [4.78, 5) is 25.1. The summed E-state index contributed by atoms with van der Waals surface area (Å²) < 4.78 is 19.0. The second-order valence-corrected chi connectivity index (χ2v) is 6.47. The number of rotatable bonds is 2. The minimum absolute atomic E-state index is 0.0630. The highest BCUT2D eigenvalue weighted by Crippen LogP contribution is 2.44. The van der Waals surface area contributed by atoms with Crippen LogP contribution in [0.5, 0.6) is 0 Å². The number of hydrogen-bond donors (Lipinski definition) is 1. The van der Waals surface area contributed by atoms with Crippen LogP contribution in [0.4, 0.5) is 14.9 Å². The maximum absolute atomic E-state index is 13.5. The molecule has 0 bridgehead atoms. The molecule has 120 valence electrons. The molecular formula is C16H20FNO4. The van der Waals surface area contributed by atoms with E-state index in [0.717, 1.165) is 11.0 Å². The lowest BCUT2D eigenvalue weighted by molar-refractivity contribution is -0.161. The fourth-order valence-corrected chi connectivity index (χ4v) is 2.74. The predicted molar refractivity (Wildman–Crippen MR) is 79.6 cm³/mol. The van der Waals surface area contributed by atoms with E-state index in [1.54, 1.807) is 27.7 Å². The molecule has 0 aliphatic carbocycles. The van der Waals surface area contributed by atoms with Gasteiger partial charge in [-0.25, -0.2) is 9.18 Å². The predicted octanol–water partition coefficient (Wildman–Crippen LogP) is 3.31. The monoisotopic (exact) mass is 309 g/mol. The van der Waals surface area contributed by atoms with Gasteiger partial charge < -0.3 is 9.84 Å². The fourth-order valence-electron chi connectivity index (χ4n) is 2.74. The van der Waals surface area contributed by atoms with E-state index in [4.69, 9.17) is 4.74 Å². The molecule has 0 saturated heterocycles. The molecule has 0 aromatic heterocycles. The van der Waals surface area contributed by atoms with Gasteiger partial charge in [0.25, 0.3) is 0 Å². The van der Waals surface area contributed by atoms with E-state index in [9.17, 15) is 19.1 Å². The number of ether oxygens (including phenoxy) is 1. The highest BCUT2D eigenvalue weighted by molar-refractivity contribution is 5.97. The standard InChI is InChI=1S/C16H20FNO4/c1-5-16(13(19)22-15(2,3)4)9-18(14(20)21)12-8-10(17)6-7-11(12)16/h6-8H,5,9H2,1-4H3,(H,20,21). The lowest BCUT2D eigenvalue weighted by atomic mass is 9.79. The van der Waals surface area contributed by atoms with Crippen molar-refractivity contribution in [3.05, 3.63) is 29.6 Å². The molecule has 1 N–H and O–H groups in total. The van der Waals surface area contributed by atoms with Gasteiger partial charge in [-0.1, -0.05) is 13.0 Å². The van der Waals surface area contributed by atoms with Crippen molar-refractivity contribution in [1.82, 2.24) is 0 Å². The van der Waals surface area contributed by atoms with Gasteiger partial charge in [-0.3, -0.25) is 9.69 Å². The summed E-state index contributed by atoms with van der Waals surface area (Å²) in [5.74, 6) is -1.03. The number of anilines is 1. The summed E-state index contributed by atoms with van der Waals surface area (Å²) in [6.45, 7) is 6.99. The summed E-state index contributed by atoms with van der Waals surface area (Å²) in [6, 6.07) is 3.85. The van der Waals surface area contributed by atoms with E-state index >= 15 is 0 Å². The Morgan fingerprint density at radius 1 is 1.41 bits per heavy atom. The maximum atomic E-state index is 13.5. The second kappa shape index (κ2) is 5.26. The Balaban J connectivity index is 2.55. The SMILES string of the molecule is CCC1(C(=O)OC(C)(C)C)CN(C(=O)O)c2cc(F)ccc21. The number of nitrogens with zero attached hydrogens (tertiary/aromatic N) is 1. The number of carbonyl (C=O) groups is 2. The fraction of sp³-hybridized carbons (Fsp3) is 0.500. The lowest BCUT2D eigenvalue weighted by Crippen LogP contribution is -2.45. The van der Waals surface area contributed by atoms with Crippen LogP contribution in [0.1, 0.15) is 39.7 Å². The van der Waals surface area contributed by atoms with Gasteiger partial charge in [-0.05, 0) is 44.9 Å². The van der Waals surface area contributed by atoms with E-state index in [2.05, 4.69) is 0 Å². The topological polar surface area (TPSA) is 66.8 Å². The third-order valence-corrected chi connectivity index (χ3v) is 3.82. The van der Waals surface area contributed by atoms with Gasteiger partial charge in [0.15, 0.2) is 0 Å². The Hall–Kier alpha value is -2.11. The van der Waals surface area contributed by atoms with Crippen LogP contribution in [-0.2, 0) is 14.9 Å². The third kappa shape index (κ3) is 2.65. The summed E-state index contributed by atoms with van der Waals surface area (Å²) in [5.41, 5.74) is -1.08. The van der Waals surface area contributed by atoms with Crippen LogP contribution in [0.2, 0.25) is 0 Å². The van der Waals surface area contributed by atoms with Crippen molar-refractivity contribution in [1.29, 1.82) is 0 Å². The van der Waals surface area contributed by atoms with Gasteiger partial charge >= 0.3 is 12.1 Å². The molecule has 1 aromatic carbocycles. The molecular weight excluding hydrogens is 289 g/mol. The van der Waals surface area contributed by atoms with Crippen molar-refractivity contribution in [2.45, 2.75) is 45.1 Å². The number of carboxylic acid groups (broad SMARTS) is 1. The Labute approximate surface area is 128 Å². The number of amides is 1. The summed E-state index contributed by atoms with van der Waals surface area (Å²) >= 11 is 0. The number of esters is 1. The number of halogens is 1. The second-order valence-electron chi connectivity index (χ2n) is 6.47.